The van der Waals surface area contributed by atoms with Gasteiger partial charge in [0.2, 0.25) is 0 Å². The molecule has 63 heavy (non-hydrogen) atoms. The number of halogens is 3. The summed E-state index contributed by atoms with van der Waals surface area (Å²) in [4.78, 5) is 0. The lowest BCUT2D eigenvalue weighted by molar-refractivity contribution is 0.424. The highest BCUT2D eigenvalue weighted by molar-refractivity contribution is 14.1. The Morgan fingerprint density at radius 2 is 0.381 bits per heavy atom. The Labute approximate surface area is 412 Å². The smallest absolute Gasteiger partial charge is 0.423 e. The third-order valence-electron chi connectivity index (χ3n) is 9.82. The Balaban J connectivity index is 0.000000145. The molecule has 0 saturated heterocycles. The minimum absolute atomic E-state index is 0.500. The molecule has 0 aliphatic carbocycles. The summed E-state index contributed by atoms with van der Waals surface area (Å²) in [6.07, 6.45) is 0. The quantitative estimate of drug-likeness (QED) is 0.0947. The van der Waals surface area contributed by atoms with Gasteiger partial charge in [0.05, 0.1) is 0 Å². The van der Waals surface area contributed by atoms with Gasteiger partial charge in [-0.25, -0.2) is 0 Å². The van der Waals surface area contributed by atoms with E-state index in [4.69, 9.17) is 20.1 Å². The van der Waals surface area contributed by atoms with Gasteiger partial charge in [-0.05, 0) is 171 Å². The summed E-state index contributed by atoms with van der Waals surface area (Å²) in [6, 6.07) is 79.5. The van der Waals surface area contributed by atoms with E-state index < -0.39 is 14.2 Å². The third kappa shape index (κ3) is 15.1. The van der Waals surface area contributed by atoms with E-state index in [-0.39, 0.29) is 0 Å². The summed E-state index contributed by atoms with van der Waals surface area (Å²) < 4.78 is 3.82. The maximum atomic E-state index is 9.10. The molecule has 0 saturated carbocycles. The second-order valence-electron chi connectivity index (χ2n) is 14.2. The van der Waals surface area contributed by atoms with Crippen LogP contribution in [-0.4, -0.2) is 34.3 Å². The zero-order chi connectivity index (χ0) is 44.4. The molecule has 9 aromatic carbocycles. The fourth-order valence-electron chi connectivity index (χ4n) is 6.37. The van der Waals surface area contributed by atoms with Crippen LogP contribution in [0.2, 0.25) is 0 Å². The molecule has 310 valence electrons. The van der Waals surface area contributed by atoms with Crippen LogP contribution in [0, 0.1) is 10.7 Å². The van der Waals surface area contributed by atoms with Gasteiger partial charge in [-0.2, -0.15) is 0 Å². The van der Waals surface area contributed by atoms with Crippen LogP contribution in [0.15, 0.2) is 237 Å². The van der Waals surface area contributed by atoms with Crippen LogP contribution < -0.4 is 10.9 Å². The predicted octanol–water partition coefficient (Wildman–Crippen LogP) is 12.3. The zero-order valence-electron chi connectivity index (χ0n) is 34.1. The molecule has 0 atom stereocenters. The second kappa shape index (κ2) is 24.8. The van der Waals surface area contributed by atoms with Crippen molar-refractivity contribution in [3.8, 4) is 55.6 Å². The van der Waals surface area contributed by atoms with Crippen molar-refractivity contribution in [3.05, 3.63) is 247 Å². The van der Waals surface area contributed by atoms with Gasteiger partial charge >= 0.3 is 14.2 Å². The van der Waals surface area contributed by atoms with Crippen LogP contribution in [0.3, 0.4) is 0 Å². The average Bonchev–Trinajstić information content (AvgIpc) is 3.34. The monoisotopic (exact) mass is 1160 g/mol. The molecule has 0 aliphatic rings. The second-order valence-corrected chi connectivity index (χ2v) is 17.9. The van der Waals surface area contributed by atoms with Crippen LogP contribution in [0.1, 0.15) is 0 Å². The zero-order valence-corrected chi connectivity index (χ0v) is 40.6. The molecule has 0 bridgehead atoms. The molecule has 0 heterocycles. The normalized spacial score (nSPS) is 10.1. The fourth-order valence-corrected chi connectivity index (χ4v) is 7.45. The molecule has 9 rings (SSSR count). The van der Waals surface area contributed by atoms with Gasteiger partial charge in [-0.3, -0.25) is 0 Å². The van der Waals surface area contributed by atoms with Crippen LogP contribution in [0.25, 0.3) is 55.6 Å². The lowest BCUT2D eigenvalue weighted by Gasteiger charge is -2.06. The highest BCUT2D eigenvalue weighted by Gasteiger charge is 2.10. The van der Waals surface area contributed by atoms with Crippen molar-refractivity contribution in [1.29, 1.82) is 0 Å². The van der Waals surface area contributed by atoms with Crippen molar-refractivity contribution in [2.75, 3.05) is 0 Å². The standard InChI is InChI=1S/C18H15BO2.C18H13I.C12H8I2.C6H7BO2/c20-19(21)18-12-10-17(11-13-18)16-8-6-15(7-9-16)14-4-2-1-3-5-14;19-18-12-10-17(11-13-18)16-8-6-15(7-9-16)14-4-2-1-3-5-14;13-11-5-1-9(2-6-11)10-3-7-12(14)8-4-10;8-7(9)6-4-2-1-3-5-6/h1-13,20-21H;1-13H;1-8H;1-5,8-9H. The molecular weight excluding hydrogens is 1110 g/mol. The van der Waals surface area contributed by atoms with Gasteiger partial charge in [0.15, 0.2) is 0 Å². The highest BCUT2D eigenvalue weighted by atomic mass is 127. The summed E-state index contributed by atoms with van der Waals surface area (Å²) in [5, 5.41) is 35.4. The number of benzene rings is 9. The van der Waals surface area contributed by atoms with Crippen molar-refractivity contribution >= 4 is 92.9 Å². The number of hydrogen-bond acceptors (Lipinski definition) is 4. The van der Waals surface area contributed by atoms with Gasteiger partial charge < -0.3 is 20.1 Å². The maximum absolute atomic E-state index is 9.10. The van der Waals surface area contributed by atoms with Gasteiger partial charge in [0, 0.05) is 10.7 Å². The SMILES string of the molecule is Ic1ccc(-c2ccc(-c3ccccc3)cc2)cc1.Ic1ccc(-c2ccc(I)cc2)cc1.OB(O)c1ccc(-c2ccc(-c3ccccc3)cc2)cc1.OB(O)c1ccccc1. The molecule has 0 radical (unpaired) electrons. The maximum Gasteiger partial charge on any atom is 0.488 e. The first-order valence-electron chi connectivity index (χ1n) is 20.1. The largest absolute Gasteiger partial charge is 0.488 e. The first-order chi connectivity index (χ1) is 30.6. The van der Waals surface area contributed by atoms with E-state index >= 15 is 0 Å². The van der Waals surface area contributed by atoms with Crippen molar-refractivity contribution in [1.82, 2.24) is 0 Å². The van der Waals surface area contributed by atoms with Crippen molar-refractivity contribution in [2.45, 2.75) is 0 Å². The lowest BCUT2D eigenvalue weighted by atomic mass is 9.80. The summed E-state index contributed by atoms with van der Waals surface area (Å²) in [5.74, 6) is 0. The van der Waals surface area contributed by atoms with Crippen LogP contribution in [0.4, 0.5) is 0 Å². The van der Waals surface area contributed by atoms with Gasteiger partial charge in [0.1, 0.15) is 0 Å². The number of hydrogen-bond donors (Lipinski definition) is 4. The van der Waals surface area contributed by atoms with Crippen molar-refractivity contribution in [2.24, 2.45) is 0 Å². The van der Waals surface area contributed by atoms with Gasteiger partial charge in [0.25, 0.3) is 0 Å². The van der Waals surface area contributed by atoms with E-state index in [0.717, 1.165) is 11.1 Å². The Morgan fingerprint density at radius 3 is 0.603 bits per heavy atom. The first-order valence-corrected chi connectivity index (χ1v) is 23.3. The van der Waals surface area contributed by atoms with E-state index in [0.29, 0.717) is 10.9 Å². The van der Waals surface area contributed by atoms with E-state index in [1.54, 1.807) is 36.4 Å². The van der Waals surface area contributed by atoms with Gasteiger partial charge in [-0.1, -0.05) is 200 Å². The lowest BCUT2D eigenvalue weighted by Crippen LogP contribution is -2.29. The first kappa shape index (κ1) is 47.6. The molecular formula is C54H43B2I3O4. The van der Waals surface area contributed by atoms with E-state index in [9.17, 15) is 0 Å². The Hall–Kier alpha value is -4.86. The Morgan fingerprint density at radius 1 is 0.206 bits per heavy atom. The number of rotatable bonds is 7. The van der Waals surface area contributed by atoms with Crippen LogP contribution in [-0.2, 0) is 0 Å². The molecule has 9 aromatic rings. The van der Waals surface area contributed by atoms with Crippen LogP contribution >= 0.6 is 67.8 Å². The molecule has 0 unspecified atom stereocenters. The topological polar surface area (TPSA) is 80.9 Å². The third-order valence-corrected chi connectivity index (χ3v) is 12.0. The van der Waals surface area contributed by atoms with E-state index in [1.807, 2.05) is 42.5 Å². The summed E-state index contributed by atoms with van der Waals surface area (Å²) >= 11 is 6.97. The minimum atomic E-state index is -1.42. The molecule has 0 aromatic heterocycles. The van der Waals surface area contributed by atoms with Crippen molar-refractivity contribution in [3.63, 3.8) is 0 Å². The van der Waals surface area contributed by atoms with Crippen molar-refractivity contribution < 1.29 is 20.1 Å². The molecule has 0 aliphatic heterocycles. The molecule has 4 N–H and O–H groups in total. The van der Waals surface area contributed by atoms with E-state index in [2.05, 4.69) is 225 Å². The predicted molar refractivity (Wildman–Crippen MR) is 291 cm³/mol. The highest BCUT2D eigenvalue weighted by Crippen LogP contribution is 2.27. The molecule has 9 heteroatoms. The Kier molecular flexibility index (Phi) is 18.8. The van der Waals surface area contributed by atoms with E-state index in [1.165, 1.54) is 55.2 Å². The minimum Gasteiger partial charge on any atom is -0.423 e. The van der Waals surface area contributed by atoms with Gasteiger partial charge in [-0.15, -0.1) is 0 Å². The Bertz CT molecular complexity index is 2640. The van der Waals surface area contributed by atoms with Crippen LogP contribution in [0.5, 0.6) is 0 Å². The average molecular weight is 1160 g/mol. The fraction of sp³-hybridized carbons (Fsp3) is 0. The molecule has 0 fully saturated rings. The molecule has 4 nitrogen and oxygen atoms in total. The summed E-state index contributed by atoms with van der Waals surface area (Å²) in [7, 11) is -2.76. The summed E-state index contributed by atoms with van der Waals surface area (Å²) in [5.41, 5.74) is 13.2. The molecule has 0 spiro atoms. The summed E-state index contributed by atoms with van der Waals surface area (Å²) in [6.45, 7) is 0. The molecule has 0 amide bonds.